The van der Waals surface area contributed by atoms with E-state index in [1.165, 1.54) is 29.9 Å². The van der Waals surface area contributed by atoms with Crippen molar-refractivity contribution in [3.05, 3.63) is 33.3 Å². The second kappa shape index (κ2) is 6.79. The highest BCUT2D eigenvalue weighted by Crippen LogP contribution is 2.43. The molecule has 0 bridgehead atoms. The van der Waals surface area contributed by atoms with E-state index < -0.39 is 0 Å². The van der Waals surface area contributed by atoms with E-state index in [2.05, 4.69) is 28.1 Å². The van der Waals surface area contributed by atoms with Crippen LogP contribution < -0.4 is 5.73 Å². The molecule has 0 amide bonds. The minimum Gasteiger partial charge on any atom is -0.375 e. The lowest BCUT2D eigenvalue weighted by atomic mass is 9.77. The Balaban J connectivity index is 1.74. The number of thioether (sulfide) groups is 1. The molecule has 0 radical (unpaired) electrons. The summed E-state index contributed by atoms with van der Waals surface area (Å²) in [5.41, 5.74) is 7.81. The fourth-order valence-electron chi connectivity index (χ4n) is 3.46. The normalized spacial score (nSPS) is 26.7. The molecule has 2 aliphatic heterocycles. The Morgan fingerprint density at radius 1 is 1.38 bits per heavy atom. The molecule has 1 aromatic carbocycles. The summed E-state index contributed by atoms with van der Waals surface area (Å²) in [6.07, 6.45) is 4.49. The number of hydrogen-bond donors (Lipinski definition) is 1. The highest BCUT2D eigenvalue weighted by atomic mass is 79.9. The van der Waals surface area contributed by atoms with Crippen LogP contribution in [0.5, 0.6) is 0 Å². The minimum atomic E-state index is 0.0638. The zero-order valence-corrected chi connectivity index (χ0v) is 15.1. The van der Waals surface area contributed by atoms with Crippen LogP contribution in [0.2, 0.25) is 5.02 Å². The zero-order valence-electron chi connectivity index (χ0n) is 12.0. The highest BCUT2D eigenvalue weighted by Gasteiger charge is 2.40. The predicted molar refractivity (Wildman–Crippen MR) is 94.0 cm³/mol. The highest BCUT2D eigenvalue weighted by molar-refractivity contribution is 9.10. The molecule has 1 aromatic rings. The maximum absolute atomic E-state index is 6.55. The number of rotatable bonds is 2. The van der Waals surface area contributed by atoms with Crippen LogP contribution >= 0.6 is 39.3 Å². The van der Waals surface area contributed by atoms with Gasteiger partial charge in [0.15, 0.2) is 0 Å². The van der Waals surface area contributed by atoms with Gasteiger partial charge in [-0.05, 0) is 76.7 Å². The minimum absolute atomic E-state index is 0.0638. The van der Waals surface area contributed by atoms with Crippen molar-refractivity contribution in [2.24, 2.45) is 11.7 Å². The molecule has 2 fully saturated rings. The third-order valence-electron chi connectivity index (χ3n) is 4.77. The first-order valence-electron chi connectivity index (χ1n) is 7.52. The SMILES string of the molecule is NC(c1ccc(Cl)c(Br)c1)C1CCOC2(CCSCC2)C1. The van der Waals surface area contributed by atoms with Gasteiger partial charge in [0.05, 0.1) is 10.6 Å². The molecule has 2 nitrogen and oxygen atoms in total. The smallest absolute Gasteiger partial charge is 0.0701 e. The van der Waals surface area contributed by atoms with Crippen LogP contribution in [-0.2, 0) is 4.74 Å². The van der Waals surface area contributed by atoms with Crippen LogP contribution in [0.15, 0.2) is 22.7 Å². The van der Waals surface area contributed by atoms with Crippen molar-refractivity contribution < 1.29 is 4.74 Å². The third-order valence-corrected chi connectivity index (χ3v) is 6.97. The van der Waals surface area contributed by atoms with Gasteiger partial charge in [0, 0.05) is 17.1 Å². The van der Waals surface area contributed by atoms with E-state index in [1.807, 2.05) is 17.8 Å². The Morgan fingerprint density at radius 2 is 2.14 bits per heavy atom. The number of halogens is 2. The Morgan fingerprint density at radius 3 is 2.86 bits per heavy atom. The number of benzene rings is 1. The van der Waals surface area contributed by atoms with Crippen LogP contribution in [0, 0.1) is 5.92 Å². The van der Waals surface area contributed by atoms with Crippen molar-refractivity contribution in [3.8, 4) is 0 Å². The van der Waals surface area contributed by atoms with Gasteiger partial charge in [-0.15, -0.1) is 0 Å². The Kier molecular flexibility index (Phi) is 5.22. The molecule has 2 N–H and O–H groups in total. The third kappa shape index (κ3) is 3.61. The Bertz CT molecular complexity index is 502. The molecule has 3 rings (SSSR count). The van der Waals surface area contributed by atoms with E-state index in [0.717, 1.165) is 28.9 Å². The van der Waals surface area contributed by atoms with Crippen LogP contribution in [0.25, 0.3) is 0 Å². The molecule has 116 valence electrons. The predicted octanol–water partition coefficient (Wildman–Crippen LogP) is 4.79. The second-order valence-corrected chi connectivity index (χ2v) is 8.58. The fraction of sp³-hybridized carbons (Fsp3) is 0.625. The van der Waals surface area contributed by atoms with E-state index >= 15 is 0 Å². The number of nitrogens with two attached hydrogens (primary N) is 1. The summed E-state index contributed by atoms with van der Waals surface area (Å²) in [5.74, 6) is 2.93. The van der Waals surface area contributed by atoms with Crippen molar-refractivity contribution in [1.82, 2.24) is 0 Å². The lowest BCUT2D eigenvalue weighted by molar-refractivity contribution is -0.105. The first-order valence-corrected chi connectivity index (χ1v) is 9.84. The van der Waals surface area contributed by atoms with E-state index in [9.17, 15) is 0 Å². The van der Waals surface area contributed by atoms with E-state index in [-0.39, 0.29) is 11.6 Å². The monoisotopic (exact) mass is 389 g/mol. The van der Waals surface area contributed by atoms with Crippen molar-refractivity contribution >= 4 is 39.3 Å². The molecule has 21 heavy (non-hydrogen) atoms. The number of ether oxygens (including phenoxy) is 1. The van der Waals surface area contributed by atoms with Crippen LogP contribution in [-0.4, -0.2) is 23.7 Å². The molecule has 2 aliphatic rings. The van der Waals surface area contributed by atoms with Crippen molar-refractivity contribution in [1.29, 1.82) is 0 Å². The lowest BCUT2D eigenvalue weighted by Gasteiger charge is -2.44. The van der Waals surface area contributed by atoms with Crippen molar-refractivity contribution in [2.75, 3.05) is 18.1 Å². The maximum Gasteiger partial charge on any atom is 0.0701 e. The maximum atomic E-state index is 6.55. The summed E-state index contributed by atoms with van der Waals surface area (Å²) < 4.78 is 7.09. The van der Waals surface area contributed by atoms with Crippen molar-refractivity contribution in [3.63, 3.8) is 0 Å². The van der Waals surface area contributed by atoms with Gasteiger partial charge < -0.3 is 10.5 Å². The van der Waals surface area contributed by atoms with Gasteiger partial charge in [-0.1, -0.05) is 17.7 Å². The zero-order chi connectivity index (χ0) is 14.9. The van der Waals surface area contributed by atoms with Crippen LogP contribution in [0.4, 0.5) is 0 Å². The van der Waals surface area contributed by atoms with E-state index in [0.29, 0.717) is 5.92 Å². The van der Waals surface area contributed by atoms with Gasteiger partial charge in [0.25, 0.3) is 0 Å². The standard InChI is InChI=1S/C16H21BrClNOS/c17-13-9-11(1-2-14(13)18)15(19)12-3-6-20-16(10-12)4-7-21-8-5-16/h1-2,9,12,15H,3-8,10,19H2. The molecule has 0 aliphatic carbocycles. The Labute approximate surface area is 144 Å². The first-order chi connectivity index (χ1) is 10.1. The molecule has 0 saturated carbocycles. The average molecular weight is 391 g/mol. The van der Waals surface area contributed by atoms with E-state index in [1.54, 1.807) is 0 Å². The van der Waals surface area contributed by atoms with Crippen molar-refractivity contribution in [2.45, 2.75) is 37.3 Å². The van der Waals surface area contributed by atoms with Gasteiger partial charge in [-0.3, -0.25) is 0 Å². The molecular weight excluding hydrogens is 370 g/mol. The molecular formula is C16H21BrClNOS. The van der Waals surface area contributed by atoms with E-state index in [4.69, 9.17) is 22.1 Å². The molecule has 2 atom stereocenters. The summed E-state index contributed by atoms with van der Waals surface area (Å²) in [6.45, 7) is 0.845. The molecule has 5 heteroatoms. The fourth-order valence-corrected chi connectivity index (χ4v) is 5.21. The van der Waals surface area contributed by atoms with Gasteiger partial charge in [-0.25, -0.2) is 0 Å². The topological polar surface area (TPSA) is 35.2 Å². The summed E-state index contributed by atoms with van der Waals surface area (Å²) in [7, 11) is 0. The summed E-state index contributed by atoms with van der Waals surface area (Å²) in [5, 5.41) is 0.735. The largest absolute Gasteiger partial charge is 0.375 e. The number of hydrogen-bond acceptors (Lipinski definition) is 3. The van der Waals surface area contributed by atoms with Gasteiger partial charge >= 0.3 is 0 Å². The molecule has 2 saturated heterocycles. The summed E-state index contributed by atoms with van der Waals surface area (Å²) in [4.78, 5) is 0. The van der Waals surface area contributed by atoms with Crippen LogP contribution in [0.1, 0.15) is 37.3 Å². The average Bonchev–Trinajstić information content (AvgIpc) is 2.50. The molecule has 1 spiro atoms. The van der Waals surface area contributed by atoms with Crippen LogP contribution in [0.3, 0.4) is 0 Å². The summed E-state index contributed by atoms with van der Waals surface area (Å²) >= 11 is 11.6. The van der Waals surface area contributed by atoms with Gasteiger partial charge in [-0.2, -0.15) is 11.8 Å². The molecule has 2 heterocycles. The van der Waals surface area contributed by atoms with Gasteiger partial charge in [0.1, 0.15) is 0 Å². The summed E-state index contributed by atoms with van der Waals surface area (Å²) in [6, 6.07) is 6.10. The quantitative estimate of drug-likeness (QED) is 0.788. The van der Waals surface area contributed by atoms with Gasteiger partial charge in [0.2, 0.25) is 0 Å². The molecule has 0 aromatic heterocycles. The Hall–Kier alpha value is 0.260. The second-order valence-electron chi connectivity index (χ2n) is 6.10. The lowest BCUT2D eigenvalue weighted by Crippen LogP contribution is -2.45. The molecule has 2 unspecified atom stereocenters. The first kappa shape index (κ1) is 16.1.